The van der Waals surface area contributed by atoms with Crippen LogP contribution in [-0.4, -0.2) is 44.3 Å². The van der Waals surface area contributed by atoms with Crippen LogP contribution in [0.25, 0.3) is 0 Å². The highest BCUT2D eigenvalue weighted by atomic mass is 16.5. The lowest BCUT2D eigenvalue weighted by molar-refractivity contribution is -0.136. The van der Waals surface area contributed by atoms with Gasteiger partial charge in [0.05, 0.1) is 5.92 Å². The van der Waals surface area contributed by atoms with Gasteiger partial charge in [-0.25, -0.2) is 0 Å². The fourth-order valence-corrected chi connectivity index (χ4v) is 4.29. The third kappa shape index (κ3) is 3.08. The molecule has 138 valence electrons. The summed E-state index contributed by atoms with van der Waals surface area (Å²) in [6.07, 6.45) is 4.48. The first kappa shape index (κ1) is 17.1. The Morgan fingerprint density at radius 1 is 1.31 bits per heavy atom. The molecule has 4 rings (SSSR count). The van der Waals surface area contributed by atoms with Crippen molar-refractivity contribution in [1.82, 2.24) is 19.7 Å². The summed E-state index contributed by atoms with van der Waals surface area (Å²) in [5, 5.41) is 8.26. The van der Waals surface area contributed by atoms with Gasteiger partial charge in [-0.2, -0.15) is 0 Å². The number of amides is 1. The standard InChI is InChI=1S/C20H26N4O2/c1-20(2)11-16(15-8-4-5-9-17(15)26-20)19(25)24-10-6-7-14(12-24)18-22-21-13-23(18)3/h4-5,8-9,13-14,16H,6-7,10-12H2,1-3H3. The van der Waals surface area contributed by atoms with E-state index in [9.17, 15) is 4.79 Å². The van der Waals surface area contributed by atoms with Gasteiger partial charge in [0.15, 0.2) is 0 Å². The van der Waals surface area contributed by atoms with Gasteiger partial charge >= 0.3 is 0 Å². The lowest BCUT2D eigenvalue weighted by Gasteiger charge is -2.40. The van der Waals surface area contributed by atoms with Gasteiger partial charge in [0.1, 0.15) is 23.5 Å². The highest BCUT2D eigenvalue weighted by molar-refractivity contribution is 5.85. The predicted octanol–water partition coefficient (Wildman–Crippen LogP) is 2.87. The average Bonchev–Trinajstić information content (AvgIpc) is 3.06. The molecule has 2 aliphatic heterocycles. The number of aromatic nitrogens is 3. The Morgan fingerprint density at radius 3 is 2.88 bits per heavy atom. The molecule has 1 aromatic carbocycles. The second-order valence-corrected chi connectivity index (χ2v) is 8.08. The zero-order valence-corrected chi connectivity index (χ0v) is 15.7. The normalized spacial score (nSPS) is 24.7. The zero-order valence-electron chi connectivity index (χ0n) is 15.7. The predicted molar refractivity (Wildman–Crippen MR) is 98.1 cm³/mol. The number of carbonyl (C=O) groups is 1. The molecule has 2 unspecified atom stereocenters. The van der Waals surface area contributed by atoms with E-state index in [4.69, 9.17) is 4.74 Å². The minimum Gasteiger partial charge on any atom is -0.488 e. The largest absolute Gasteiger partial charge is 0.488 e. The van der Waals surface area contributed by atoms with E-state index in [1.165, 1.54) is 0 Å². The first-order valence-corrected chi connectivity index (χ1v) is 9.35. The van der Waals surface area contributed by atoms with E-state index in [2.05, 4.69) is 24.0 Å². The Bertz CT molecular complexity index is 814. The molecule has 2 aliphatic rings. The van der Waals surface area contributed by atoms with Crippen LogP contribution >= 0.6 is 0 Å². The van der Waals surface area contributed by atoms with Crippen molar-refractivity contribution in [2.75, 3.05) is 13.1 Å². The number of carbonyl (C=O) groups excluding carboxylic acids is 1. The quantitative estimate of drug-likeness (QED) is 0.832. The number of piperidine rings is 1. The molecule has 0 radical (unpaired) electrons. The van der Waals surface area contributed by atoms with Crippen molar-refractivity contribution in [3.05, 3.63) is 42.0 Å². The van der Waals surface area contributed by atoms with Crippen molar-refractivity contribution in [1.29, 1.82) is 0 Å². The molecule has 0 N–H and O–H groups in total. The molecule has 0 spiro atoms. The van der Waals surface area contributed by atoms with E-state index >= 15 is 0 Å². The minimum absolute atomic E-state index is 0.145. The molecule has 0 aliphatic carbocycles. The third-order valence-corrected chi connectivity index (χ3v) is 5.52. The van der Waals surface area contributed by atoms with Gasteiger partial charge in [0, 0.05) is 38.0 Å². The first-order valence-electron chi connectivity index (χ1n) is 9.35. The zero-order chi connectivity index (χ0) is 18.3. The maximum absolute atomic E-state index is 13.4. The van der Waals surface area contributed by atoms with E-state index in [1.807, 2.05) is 40.8 Å². The van der Waals surface area contributed by atoms with Crippen molar-refractivity contribution >= 4 is 5.91 Å². The van der Waals surface area contributed by atoms with Crippen LogP contribution in [0, 0.1) is 0 Å². The molecule has 1 saturated heterocycles. The maximum Gasteiger partial charge on any atom is 0.230 e. The van der Waals surface area contributed by atoms with Crippen LogP contribution in [0.15, 0.2) is 30.6 Å². The number of hydrogen-bond donors (Lipinski definition) is 0. The van der Waals surface area contributed by atoms with Crippen molar-refractivity contribution in [3.63, 3.8) is 0 Å². The number of likely N-dealkylation sites (tertiary alicyclic amines) is 1. The van der Waals surface area contributed by atoms with Crippen LogP contribution in [-0.2, 0) is 11.8 Å². The van der Waals surface area contributed by atoms with E-state index in [0.29, 0.717) is 13.0 Å². The molecule has 2 aromatic rings. The number of benzene rings is 1. The topological polar surface area (TPSA) is 60.2 Å². The summed E-state index contributed by atoms with van der Waals surface area (Å²) in [7, 11) is 1.97. The van der Waals surface area contributed by atoms with Gasteiger partial charge in [-0.3, -0.25) is 4.79 Å². The van der Waals surface area contributed by atoms with E-state index in [-0.39, 0.29) is 23.3 Å². The van der Waals surface area contributed by atoms with Crippen LogP contribution in [0.4, 0.5) is 0 Å². The van der Waals surface area contributed by atoms with E-state index < -0.39 is 0 Å². The van der Waals surface area contributed by atoms with Gasteiger partial charge in [-0.1, -0.05) is 18.2 Å². The van der Waals surface area contributed by atoms with Gasteiger partial charge in [0.25, 0.3) is 0 Å². The molecule has 26 heavy (non-hydrogen) atoms. The number of fused-ring (bicyclic) bond motifs is 1. The SMILES string of the molecule is Cn1cnnc1C1CCCN(C(=O)C2CC(C)(C)Oc3ccccc32)C1. The van der Waals surface area contributed by atoms with Crippen molar-refractivity contribution in [3.8, 4) is 5.75 Å². The van der Waals surface area contributed by atoms with Gasteiger partial charge < -0.3 is 14.2 Å². The summed E-state index contributed by atoms with van der Waals surface area (Å²) in [4.78, 5) is 15.5. The monoisotopic (exact) mass is 354 g/mol. The molecule has 6 heteroatoms. The van der Waals surface area contributed by atoms with Crippen LogP contribution in [0.2, 0.25) is 0 Å². The summed E-state index contributed by atoms with van der Waals surface area (Å²) < 4.78 is 8.05. The molecule has 1 amide bonds. The van der Waals surface area contributed by atoms with E-state index in [0.717, 1.165) is 36.5 Å². The highest BCUT2D eigenvalue weighted by Gasteiger charge is 2.40. The van der Waals surface area contributed by atoms with Crippen molar-refractivity contribution in [2.45, 2.75) is 50.5 Å². The fraction of sp³-hybridized carbons (Fsp3) is 0.550. The third-order valence-electron chi connectivity index (χ3n) is 5.52. The molecule has 2 atom stereocenters. The highest BCUT2D eigenvalue weighted by Crippen LogP contribution is 2.42. The van der Waals surface area contributed by atoms with Gasteiger partial charge in [-0.05, 0) is 32.8 Å². The molecule has 0 bridgehead atoms. The smallest absolute Gasteiger partial charge is 0.230 e. The Balaban J connectivity index is 1.58. The maximum atomic E-state index is 13.4. The second kappa shape index (κ2) is 6.41. The van der Waals surface area contributed by atoms with Crippen LogP contribution < -0.4 is 4.74 Å². The number of nitrogens with zero attached hydrogens (tertiary/aromatic N) is 4. The summed E-state index contributed by atoms with van der Waals surface area (Å²) in [5.74, 6) is 2.12. The molecule has 3 heterocycles. The number of hydrogen-bond acceptors (Lipinski definition) is 4. The first-order chi connectivity index (χ1) is 12.4. The Hall–Kier alpha value is -2.37. The Morgan fingerprint density at radius 2 is 2.12 bits per heavy atom. The fourth-order valence-electron chi connectivity index (χ4n) is 4.29. The number of aryl methyl sites for hydroxylation is 1. The van der Waals surface area contributed by atoms with Crippen LogP contribution in [0.1, 0.15) is 56.3 Å². The number of ether oxygens (including phenoxy) is 1. The molecule has 1 fully saturated rings. The Kier molecular flexibility index (Phi) is 4.21. The average molecular weight is 354 g/mol. The summed E-state index contributed by atoms with van der Waals surface area (Å²) >= 11 is 0. The van der Waals surface area contributed by atoms with Gasteiger partial charge in [0.2, 0.25) is 5.91 Å². The lowest BCUT2D eigenvalue weighted by Crippen LogP contribution is -2.46. The van der Waals surface area contributed by atoms with Gasteiger partial charge in [-0.15, -0.1) is 10.2 Å². The van der Waals surface area contributed by atoms with Crippen molar-refractivity contribution < 1.29 is 9.53 Å². The van der Waals surface area contributed by atoms with E-state index in [1.54, 1.807) is 6.33 Å². The number of para-hydroxylation sites is 1. The molecule has 1 aromatic heterocycles. The second-order valence-electron chi connectivity index (χ2n) is 8.08. The van der Waals surface area contributed by atoms with Crippen LogP contribution in [0.5, 0.6) is 5.75 Å². The Labute approximate surface area is 154 Å². The molecule has 6 nitrogen and oxygen atoms in total. The van der Waals surface area contributed by atoms with Crippen LogP contribution in [0.3, 0.4) is 0 Å². The summed E-state index contributed by atoms with van der Waals surface area (Å²) in [6, 6.07) is 7.94. The lowest BCUT2D eigenvalue weighted by atomic mass is 9.83. The molecular formula is C20H26N4O2. The van der Waals surface area contributed by atoms with Crippen molar-refractivity contribution in [2.24, 2.45) is 7.05 Å². The number of rotatable bonds is 2. The summed E-state index contributed by atoms with van der Waals surface area (Å²) in [5.41, 5.74) is 0.672. The molecular weight excluding hydrogens is 328 g/mol. The minimum atomic E-state index is -0.340. The molecule has 0 saturated carbocycles. The summed E-state index contributed by atoms with van der Waals surface area (Å²) in [6.45, 7) is 5.64.